The van der Waals surface area contributed by atoms with E-state index in [0.717, 1.165) is 0 Å². The van der Waals surface area contributed by atoms with E-state index in [0.29, 0.717) is 6.42 Å². The average Bonchev–Trinajstić information content (AvgIpc) is 2.42. The summed E-state index contributed by atoms with van der Waals surface area (Å²) in [4.78, 5) is 13.2. The van der Waals surface area contributed by atoms with Gasteiger partial charge in [0.05, 0.1) is 5.25 Å². The van der Waals surface area contributed by atoms with Gasteiger partial charge in [-0.3, -0.25) is 0 Å². The summed E-state index contributed by atoms with van der Waals surface area (Å²) in [5, 5.41) is -0.702. The lowest BCUT2D eigenvalue weighted by Crippen LogP contribution is -2.39. The quantitative estimate of drug-likeness (QED) is 0.690. The number of halogens is 1. The van der Waals surface area contributed by atoms with Crippen molar-refractivity contribution >= 4 is 25.8 Å². The van der Waals surface area contributed by atoms with E-state index in [-0.39, 0.29) is 12.6 Å². The molecule has 100 valence electrons. The van der Waals surface area contributed by atoms with Crippen LogP contribution in [0.4, 0.5) is 4.79 Å². The SMILES string of the molecule is CC1CC(S(=O)(=O)Cl)CN1C(=O)OC(C)(C)C. The van der Waals surface area contributed by atoms with Crippen LogP contribution in [0.5, 0.6) is 0 Å². The van der Waals surface area contributed by atoms with Crippen LogP contribution in [0.25, 0.3) is 0 Å². The molecule has 1 aliphatic rings. The highest BCUT2D eigenvalue weighted by molar-refractivity contribution is 8.14. The molecule has 0 aromatic carbocycles. The number of carbonyl (C=O) groups excluding carboxylic acids is 1. The second-order valence-electron chi connectivity index (χ2n) is 5.32. The molecule has 5 nitrogen and oxygen atoms in total. The maximum Gasteiger partial charge on any atom is 0.410 e. The molecule has 1 aliphatic heterocycles. The molecule has 1 amide bonds. The molecule has 1 heterocycles. The van der Waals surface area contributed by atoms with E-state index in [9.17, 15) is 13.2 Å². The molecular weight excluding hydrogens is 266 g/mol. The molecule has 0 aromatic heterocycles. The number of rotatable bonds is 1. The van der Waals surface area contributed by atoms with Crippen molar-refractivity contribution in [2.24, 2.45) is 0 Å². The lowest BCUT2D eigenvalue weighted by atomic mass is 10.2. The minimum atomic E-state index is -3.62. The predicted octanol–water partition coefficient (Wildman–Crippen LogP) is 1.95. The molecule has 0 N–H and O–H groups in total. The van der Waals surface area contributed by atoms with Gasteiger partial charge in [-0.2, -0.15) is 0 Å². The number of amides is 1. The summed E-state index contributed by atoms with van der Waals surface area (Å²) in [7, 11) is 1.68. The van der Waals surface area contributed by atoms with Crippen molar-refractivity contribution in [1.82, 2.24) is 4.90 Å². The molecule has 0 radical (unpaired) electrons. The highest BCUT2D eigenvalue weighted by Gasteiger charge is 2.40. The summed E-state index contributed by atoms with van der Waals surface area (Å²) in [5.41, 5.74) is -0.589. The molecule has 1 saturated heterocycles. The monoisotopic (exact) mass is 283 g/mol. The molecule has 0 bridgehead atoms. The Labute approximate surface area is 106 Å². The van der Waals surface area contributed by atoms with Crippen LogP contribution in [0, 0.1) is 0 Å². The Bertz CT molecular complexity index is 401. The van der Waals surface area contributed by atoms with Gasteiger partial charge in [0, 0.05) is 23.3 Å². The minimum absolute atomic E-state index is 0.0991. The van der Waals surface area contributed by atoms with Crippen LogP contribution in [0.1, 0.15) is 34.1 Å². The molecule has 0 saturated carbocycles. The zero-order valence-corrected chi connectivity index (χ0v) is 12.0. The predicted molar refractivity (Wildman–Crippen MR) is 65.6 cm³/mol. The number of hydrogen-bond acceptors (Lipinski definition) is 4. The van der Waals surface area contributed by atoms with Gasteiger partial charge in [-0.15, -0.1) is 0 Å². The highest BCUT2D eigenvalue weighted by Crippen LogP contribution is 2.26. The maximum atomic E-state index is 11.8. The number of likely N-dealkylation sites (tertiary alicyclic amines) is 1. The Morgan fingerprint density at radius 1 is 1.41 bits per heavy atom. The Kier molecular flexibility index (Phi) is 3.98. The molecular formula is C10H18ClNO4S. The van der Waals surface area contributed by atoms with Gasteiger partial charge in [0.15, 0.2) is 0 Å². The van der Waals surface area contributed by atoms with Crippen LogP contribution in [0.15, 0.2) is 0 Å². The number of carbonyl (C=O) groups is 1. The van der Waals surface area contributed by atoms with Crippen molar-refractivity contribution in [1.29, 1.82) is 0 Å². The molecule has 2 atom stereocenters. The van der Waals surface area contributed by atoms with Gasteiger partial charge in [0.25, 0.3) is 0 Å². The molecule has 7 heteroatoms. The van der Waals surface area contributed by atoms with Crippen molar-refractivity contribution in [3.8, 4) is 0 Å². The molecule has 0 spiro atoms. The van der Waals surface area contributed by atoms with Crippen molar-refractivity contribution in [2.75, 3.05) is 6.54 Å². The Morgan fingerprint density at radius 2 is 1.94 bits per heavy atom. The zero-order valence-electron chi connectivity index (χ0n) is 10.4. The normalized spacial score (nSPS) is 26.1. The van der Waals surface area contributed by atoms with E-state index >= 15 is 0 Å². The van der Waals surface area contributed by atoms with Gasteiger partial charge in [-0.05, 0) is 34.1 Å². The fourth-order valence-electron chi connectivity index (χ4n) is 1.76. The standard InChI is InChI=1S/C10H18ClNO4S/c1-7-5-8(17(11,14)15)6-12(7)9(13)16-10(2,3)4/h7-8H,5-6H2,1-4H3. The first kappa shape index (κ1) is 14.6. The second-order valence-corrected chi connectivity index (χ2v) is 8.22. The third kappa shape index (κ3) is 4.03. The van der Waals surface area contributed by atoms with E-state index < -0.39 is 26.0 Å². The molecule has 1 fully saturated rings. The minimum Gasteiger partial charge on any atom is -0.444 e. The maximum absolute atomic E-state index is 11.8. The van der Waals surface area contributed by atoms with E-state index in [1.165, 1.54) is 4.90 Å². The van der Waals surface area contributed by atoms with Crippen molar-refractivity contribution in [3.05, 3.63) is 0 Å². The molecule has 2 unspecified atom stereocenters. The Balaban J connectivity index is 2.72. The van der Waals surface area contributed by atoms with Gasteiger partial charge < -0.3 is 9.64 Å². The first-order valence-electron chi connectivity index (χ1n) is 5.44. The lowest BCUT2D eigenvalue weighted by molar-refractivity contribution is 0.0239. The first-order valence-corrected chi connectivity index (χ1v) is 7.81. The van der Waals surface area contributed by atoms with Crippen molar-refractivity contribution in [2.45, 2.75) is 51.0 Å². The summed E-state index contributed by atoms with van der Waals surface area (Å²) < 4.78 is 27.6. The van der Waals surface area contributed by atoms with E-state index in [4.69, 9.17) is 15.4 Å². The van der Waals surface area contributed by atoms with Gasteiger partial charge >= 0.3 is 6.09 Å². The largest absolute Gasteiger partial charge is 0.444 e. The van der Waals surface area contributed by atoms with Gasteiger partial charge in [-0.1, -0.05) is 0 Å². The smallest absolute Gasteiger partial charge is 0.410 e. The van der Waals surface area contributed by atoms with Crippen LogP contribution in [0.2, 0.25) is 0 Å². The van der Waals surface area contributed by atoms with E-state index in [1.54, 1.807) is 27.7 Å². The third-order valence-electron chi connectivity index (χ3n) is 2.56. The van der Waals surface area contributed by atoms with Crippen LogP contribution in [-0.4, -0.2) is 42.8 Å². The topological polar surface area (TPSA) is 63.7 Å². The molecule has 0 aliphatic carbocycles. The zero-order chi connectivity index (χ0) is 13.4. The first-order chi connectivity index (χ1) is 7.50. The summed E-state index contributed by atoms with van der Waals surface area (Å²) in [6.45, 7) is 7.18. The average molecular weight is 284 g/mol. The number of nitrogens with zero attached hydrogens (tertiary/aromatic N) is 1. The molecule has 17 heavy (non-hydrogen) atoms. The third-order valence-corrected chi connectivity index (χ3v) is 4.46. The van der Waals surface area contributed by atoms with Gasteiger partial charge in [0.1, 0.15) is 5.60 Å². The second kappa shape index (κ2) is 4.65. The summed E-state index contributed by atoms with van der Waals surface area (Å²) in [5.74, 6) is 0. The van der Waals surface area contributed by atoms with E-state index in [1.807, 2.05) is 0 Å². The van der Waals surface area contributed by atoms with Crippen LogP contribution < -0.4 is 0 Å². The fraction of sp³-hybridized carbons (Fsp3) is 0.900. The lowest BCUT2D eigenvalue weighted by Gasteiger charge is -2.26. The number of ether oxygens (including phenoxy) is 1. The highest BCUT2D eigenvalue weighted by atomic mass is 35.7. The summed E-state index contributed by atoms with van der Waals surface area (Å²) in [6, 6.07) is -0.177. The van der Waals surface area contributed by atoms with Gasteiger partial charge in [0.2, 0.25) is 9.05 Å². The summed E-state index contributed by atoms with van der Waals surface area (Å²) in [6.07, 6.45) is -0.141. The van der Waals surface area contributed by atoms with Gasteiger partial charge in [-0.25, -0.2) is 13.2 Å². The van der Waals surface area contributed by atoms with E-state index in [2.05, 4.69) is 0 Å². The van der Waals surface area contributed by atoms with Crippen LogP contribution >= 0.6 is 10.7 Å². The molecule has 0 aromatic rings. The van der Waals surface area contributed by atoms with Crippen molar-refractivity contribution < 1.29 is 17.9 Å². The number of hydrogen-bond donors (Lipinski definition) is 0. The van der Waals surface area contributed by atoms with Crippen LogP contribution in [-0.2, 0) is 13.8 Å². The fourth-order valence-corrected chi connectivity index (χ4v) is 2.99. The Hall–Kier alpha value is -0.490. The van der Waals surface area contributed by atoms with Crippen LogP contribution in [0.3, 0.4) is 0 Å². The van der Waals surface area contributed by atoms with Crippen molar-refractivity contribution in [3.63, 3.8) is 0 Å². The Morgan fingerprint density at radius 3 is 2.29 bits per heavy atom. The molecule has 1 rings (SSSR count). The summed E-state index contributed by atoms with van der Waals surface area (Å²) >= 11 is 0.